The summed E-state index contributed by atoms with van der Waals surface area (Å²) < 4.78 is 1.10. The van der Waals surface area contributed by atoms with Crippen LogP contribution >= 0.6 is 15.9 Å². The minimum atomic E-state index is 0.109. The molecule has 0 unspecified atom stereocenters. The maximum Gasteiger partial charge on any atom is 0.227 e. The molecule has 1 aliphatic rings. The molecule has 1 saturated heterocycles. The van der Waals surface area contributed by atoms with Gasteiger partial charge in [0.1, 0.15) is 0 Å². The van der Waals surface area contributed by atoms with Crippen molar-refractivity contribution in [2.45, 2.75) is 25.9 Å². The number of hydrogen-bond acceptors (Lipinski definition) is 2. The number of rotatable bonds is 5. The Morgan fingerprint density at radius 2 is 1.84 bits per heavy atom. The molecule has 1 fully saturated rings. The Bertz CT molecular complexity index is 687. The van der Waals surface area contributed by atoms with Crippen LogP contribution in [0.4, 0.5) is 0 Å². The molecule has 0 aromatic heterocycles. The fourth-order valence-electron chi connectivity index (χ4n) is 3.50. The summed E-state index contributed by atoms with van der Waals surface area (Å²) in [5.41, 5.74) is 2.48. The van der Waals surface area contributed by atoms with Crippen molar-refractivity contribution in [2.24, 2.45) is 5.92 Å². The van der Waals surface area contributed by atoms with E-state index in [1.54, 1.807) is 0 Å². The van der Waals surface area contributed by atoms with Crippen molar-refractivity contribution < 1.29 is 4.79 Å². The van der Waals surface area contributed by atoms with Gasteiger partial charge in [0.25, 0.3) is 0 Å². The molecular formula is C21H25BrN2O. The van der Waals surface area contributed by atoms with Crippen LogP contribution in [0.2, 0.25) is 0 Å². The number of piperidine rings is 1. The number of amides is 1. The molecule has 0 spiro atoms. The number of carbonyl (C=O) groups is 1. The molecule has 4 heteroatoms. The summed E-state index contributed by atoms with van der Waals surface area (Å²) in [6.07, 6.45) is 2.08. The first-order chi connectivity index (χ1) is 12.1. The van der Waals surface area contributed by atoms with Gasteiger partial charge in [-0.15, -0.1) is 0 Å². The van der Waals surface area contributed by atoms with Crippen molar-refractivity contribution in [3.63, 3.8) is 0 Å². The van der Waals surface area contributed by atoms with E-state index in [4.69, 9.17) is 0 Å². The second-order valence-electron chi connectivity index (χ2n) is 6.88. The lowest BCUT2D eigenvalue weighted by molar-refractivity contribution is -0.136. The summed E-state index contributed by atoms with van der Waals surface area (Å²) in [4.78, 5) is 17.1. The van der Waals surface area contributed by atoms with Crippen molar-refractivity contribution >= 4 is 21.8 Å². The Morgan fingerprint density at radius 1 is 1.12 bits per heavy atom. The molecule has 0 aliphatic carbocycles. The number of nitrogens with zero attached hydrogens (tertiary/aromatic N) is 2. The first kappa shape index (κ1) is 18.2. The Hall–Kier alpha value is -1.65. The maximum atomic E-state index is 12.8. The summed E-state index contributed by atoms with van der Waals surface area (Å²) in [6.45, 7) is 3.53. The summed E-state index contributed by atoms with van der Waals surface area (Å²) in [5, 5.41) is 0. The van der Waals surface area contributed by atoms with Crippen molar-refractivity contribution in [2.75, 3.05) is 20.1 Å². The van der Waals surface area contributed by atoms with E-state index >= 15 is 0 Å². The van der Waals surface area contributed by atoms with Crippen LogP contribution in [0.15, 0.2) is 59.1 Å². The molecule has 0 saturated carbocycles. The second-order valence-corrected chi connectivity index (χ2v) is 7.80. The monoisotopic (exact) mass is 400 g/mol. The molecule has 3 nitrogen and oxygen atoms in total. The number of carbonyl (C=O) groups excluding carboxylic acids is 1. The van der Waals surface area contributed by atoms with Crippen LogP contribution in [0.5, 0.6) is 0 Å². The third-order valence-electron chi connectivity index (χ3n) is 4.81. The highest BCUT2D eigenvalue weighted by Crippen LogP contribution is 2.21. The molecule has 0 N–H and O–H groups in total. The minimum Gasteiger partial charge on any atom is -0.341 e. The molecule has 2 aromatic carbocycles. The molecule has 0 bridgehead atoms. The normalized spacial score (nSPS) is 18.1. The van der Waals surface area contributed by atoms with Crippen LogP contribution in [0.25, 0.3) is 0 Å². The van der Waals surface area contributed by atoms with Crippen LogP contribution < -0.4 is 0 Å². The fourth-order valence-corrected chi connectivity index (χ4v) is 3.76. The van der Waals surface area contributed by atoms with Gasteiger partial charge in [-0.1, -0.05) is 58.4 Å². The zero-order valence-corrected chi connectivity index (χ0v) is 16.3. The van der Waals surface area contributed by atoms with Gasteiger partial charge in [-0.3, -0.25) is 9.69 Å². The first-order valence-electron chi connectivity index (χ1n) is 8.87. The summed E-state index contributed by atoms with van der Waals surface area (Å²) in [6, 6.07) is 18.7. The van der Waals surface area contributed by atoms with Crippen LogP contribution in [0.1, 0.15) is 24.0 Å². The molecule has 3 rings (SSSR count). The van der Waals surface area contributed by atoms with E-state index in [0.717, 1.165) is 36.9 Å². The van der Waals surface area contributed by atoms with Crippen molar-refractivity contribution in [3.05, 3.63) is 70.2 Å². The molecule has 25 heavy (non-hydrogen) atoms. The third-order valence-corrected chi connectivity index (χ3v) is 5.34. The Kier molecular flexibility index (Phi) is 6.27. The maximum absolute atomic E-state index is 12.8. The number of likely N-dealkylation sites (tertiary alicyclic amines) is 1. The molecule has 1 atom stereocenters. The van der Waals surface area contributed by atoms with Crippen LogP contribution in [-0.2, 0) is 17.9 Å². The van der Waals surface area contributed by atoms with Gasteiger partial charge >= 0.3 is 0 Å². The third kappa shape index (κ3) is 5.16. The minimum absolute atomic E-state index is 0.109. The average Bonchev–Trinajstić information content (AvgIpc) is 2.64. The van der Waals surface area contributed by atoms with Gasteiger partial charge in [-0.05, 0) is 42.6 Å². The molecule has 0 radical (unpaired) electrons. The summed E-state index contributed by atoms with van der Waals surface area (Å²) in [5.74, 6) is 0.377. The zero-order chi connectivity index (χ0) is 17.6. The van der Waals surface area contributed by atoms with Crippen LogP contribution in [0.3, 0.4) is 0 Å². The van der Waals surface area contributed by atoms with E-state index in [9.17, 15) is 4.79 Å². The quantitative estimate of drug-likeness (QED) is 0.745. The Labute approximate surface area is 158 Å². The zero-order valence-electron chi connectivity index (χ0n) is 14.7. The molecule has 1 amide bonds. The molecule has 132 valence electrons. The van der Waals surface area contributed by atoms with E-state index in [0.29, 0.717) is 6.54 Å². The van der Waals surface area contributed by atoms with E-state index in [-0.39, 0.29) is 11.8 Å². The van der Waals surface area contributed by atoms with Crippen LogP contribution in [0, 0.1) is 5.92 Å². The van der Waals surface area contributed by atoms with Gasteiger partial charge < -0.3 is 4.90 Å². The van der Waals surface area contributed by atoms with Gasteiger partial charge in [0.15, 0.2) is 0 Å². The van der Waals surface area contributed by atoms with E-state index in [2.05, 4.69) is 57.2 Å². The smallest absolute Gasteiger partial charge is 0.227 e. The SMILES string of the molecule is CN(Cc1ccccc1)C(=O)[C@@H]1CCCN(Cc2ccc(Br)cc2)C1. The Balaban J connectivity index is 1.56. The molecular weight excluding hydrogens is 376 g/mol. The largest absolute Gasteiger partial charge is 0.341 e. The lowest BCUT2D eigenvalue weighted by Gasteiger charge is -2.34. The average molecular weight is 401 g/mol. The highest BCUT2D eigenvalue weighted by Gasteiger charge is 2.27. The van der Waals surface area contributed by atoms with Gasteiger partial charge in [-0.25, -0.2) is 0 Å². The second kappa shape index (κ2) is 8.63. The van der Waals surface area contributed by atoms with E-state index in [1.807, 2.05) is 30.1 Å². The predicted octanol–water partition coefficient (Wildman–Crippen LogP) is 4.32. The van der Waals surface area contributed by atoms with Crippen molar-refractivity contribution in [1.29, 1.82) is 0 Å². The first-order valence-corrected chi connectivity index (χ1v) is 9.67. The molecule has 1 heterocycles. The van der Waals surface area contributed by atoms with Gasteiger partial charge in [0.2, 0.25) is 5.91 Å². The lowest BCUT2D eigenvalue weighted by atomic mass is 9.96. The predicted molar refractivity (Wildman–Crippen MR) is 105 cm³/mol. The number of halogens is 1. The number of hydrogen-bond donors (Lipinski definition) is 0. The standard InChI is InChI=1S/C21H25BrN2O/c1-23(14-17-6-3-2-4-7-17)21(25)19-8-5-13-24(16-19)15-18-9-11-20(22)12-10-18/h2-4,6-7,9-12,19H,5,8,13-16H2,1H3/t19-/m1/s1. The van der Waals surface area contributed by atoms with Crippen molar-refractivity contribution in [3.8, 4) is 0 Å². The summed E-state index contributed by atoms with van der Waals surface area (Å²) >= 11 is 3.48. The van der Waals surface area contributed by atoms with E-state index in [1.165, 1.54) is 11.1 Å². The topological polar surface area (TPSA) is 23.6 Å². The fraction of sp³-hybridized carbons (Fsp3) is 0.381. The van der Waals surface area contributed by atoms with E-state index < -0.39 is 0 Å². The van der Waals surface area contributed by atoms with Crippen LogP contribution in [-0.4, -0.2) is 35.8 Å². The van der Waals surface area contributed by atoms with Gasteiger partial charge in [0, 0.05) is 31.2 Å². The summed E-state index contributed by atoms with van der Waals surface area (Å²) in [7, 11) is 1.92. The van der Waals surface area contributed by atoms with Crippen molar-refractivity contribution in [1.82, 2.24) is 9.80 Å². The lowest BCUT2D eigenvalue weighted by Crippen LogP contribution is -2.43. The Morgan fingerprint density at radius 3 is 2.56 bits per heavy atom. The highest BCUT2D eigenvalue weighted by atomic mass is 79.9. The molecule has 2 aromatic rings. The van der Waals surface area contributed by atoms with Gasteiger partial charge in [0.05, 0.1) is 5.92 Å². The highest BCUT2D eigenvalue weighted by molar-refractivity contribution is 9.10. The molecule has 1 aliphatic heterocycles. The number of benzene rings is 2. The van der Waals surface area contributed by atoms with Gasteiger partial charge in [-0.2, -0.15) is 0 Å².